The van der Waals surface area contributed by atoms with Gasteiger partial charge in [0.15, 0.2) is 0 Å². The molecule has 0 spiro atoms. The number of fused-ring (bicyclic) bond motifs is 6. The molecule has 440 valence electrons. The van der Waals surface area contributed by atoms with E-state index in [1.807, 2.05) is 0 Å². The van der Waals surface area contributed by atoms with Gasteiger partial charge in [0, 0.05) is 45.0 Å². The molecule has 0 radical (unpaired) electrons. The van der Waals surface area contributed by atoms with E-state index in [4.69, 9.17) is 0 Å². The van der Waals surface area contributed by atoms with E-state index in [2.05, 4.69) is 389 Å². The molecule has 2 aliphatic rings. The molecule has 0 unspecified atom stereocenters. The zero-order valence-corrected chi connectivity index (χ0v) is 52.4. The Kier molecular flexibility index (Phi) is 15.0. The molecule has 2 nitrogen and oxygen atoms in total. The summed E-state index contributed by atoms with van der Waals surface area (Å²) in [5.74, 6) is 0. The van der Waals surface area contributed by atoms with Crippen LogP contribution >= 0.6 is 0 Å². The summed E-state index contributed by atoms with van der Waals surface area (Å²) in [6.07, 6.45) is 0. The normalized spacial score (nSPS) is 12.7. The standard InChI is InChI=1S/2C45H35N/c2*1-45(2)43-16-10-9-15-41(43)42-30-29-40(31-44(42)45)46(38-25-21-36(22-26-38)33-13-7-4-8-14-33)39-27-23-37(24-28-39)35-19-17-34(18-20-35)32-11-5-3-6-12-32/h2*3-31H,1-2H3. The molecule has 0 saturated heterocycles. The first-order valence-electron chi connectivity index (χ1n) is 32.0. The Morgan fingerprint density at radius 2 is 0.348 bits per heavy atom. The lowest BCUT2D eigenvalue weighted by Crippen LogP contribution is -2.16. The van der Waals surface area contributed by atoms with Gasteiger partial charge in [-0.15, -0.1) is 0 Å². The Morgan fingerprint density at radius 1 is 0.163 bits per heavy atom. The van der Waals surface area contributed by atoms with Gasteiger partial charge in [-0.3, -0.25) is 0 Å². The SMILES string of the molecule is CC1(C)c2ccccc2-c2ccc(N(c3ccc(-c4ccccc4)cc3)c3ccc(-c4ccc(-c5ccccc5)cc4)cc3)cc21.CC1(C)c2ccccc2-c2ccc(N(c3ccc(-c4ccccc4)cc3)c3ccc(-c4ccc(-c5ccccc5)cc4)cc3)cc21. The third kappa shape index (κ3) is 10.9. The lowest BCUT2D eigenvalue weighted by atomic mass is 9.82. The first-order chi connectivity index (χ1) is 45.1. The Bertz CT molecular complexity index is 4560. The van der Waals surface area contributed by atoms with Crippen molar-refractivity contribution in [1.82, 2.24) is 0 Å². The fourth-order valence-electron chi connectivity index (χ4n) is 14.0. The lowest BCUT2D eigenvalue weighted by Gasteiger charge is -2.28. The fourth-order valence-corrected chi connectivity index (χ4v) is 14.0. The van der Waals surface area contributed by atoms with Crippen molar-refractivity contribution in [2.45, 2.75) is 38.5 Å². The summed E-state index contributed by atoms with van der Waals surface area (Å²) in [6.45, 7) is 9.38. The second kappa shape index (κ2) is 24.2. The van der Waals surface area contributed by atoms with E-state index >= 15 is 0 Å². The van der Waals surface area contributed by atoms with Crippen LogP contribution in [0.25, 0.3) is 89.0 Å². The van der Waals surface area contributed by atoms with Gasteiger partial charge in [0.1, 0.15) is 0 Å². The summed E-state index contributed by atoms with van der Waals surface area (Å²) in [7, 11) is 0. The molecule has 0 amide bonds. The van der Waals surface area contributed by atoms with Gasteiger partial charge < -0.3 is 9.80 Å². The van der Waals surface area contributed by atoms with Gasteiger partial charge in [0.25, 0.3) is 0 Å². The molecule has 16 rings (SSSR count). The van der Waals surface area contributed by atoms with Crippen LogP contribution in [0.4, 0.5) is 34.1 Å². The molecule has 92 heavy (non-hydrogen) atoms. The maximum Gasteiger partial charge on any atom is 0.0465 e. The quantitative estimate of drug-likeness (QED) is 0.120. The molecule has 0 atom stereocenters. The molecule has 0 aromatic heterocycles. The smallest absolute Gasteiger partial charge is 0.0465 e. The molecule has 0 aliphatic heterocycles. The number of benzene rings is 14. The topological polar surface area (TPSA) is 6.48 Å². The summed E-state index contributed by atoms with van der Waals surface area (Å²) in [4.78, 5) is 4.77. The van der Waals surface area contributed by atoms with E-state index in [1.54, 1.807) is 0 Å². The van der Waals surface area contributed by atoms with Crippen molar-refractivity contribution in [3.05, 3.63) is 374 Å². The van der Waals surface area contributed by atoms with Crippen molar-refractivity contribution < 1.29 is 0 Å². The van der Waals surface area contributed by atoms with Crippen LogP contribution in [0.3, 0.4) is 0 Å². The van der Waals surface area contributed by atoms with Crippen molar-refractivity contribution >= 4 is 34.1 Å². The molecule has 2 aliphatic carbocycles. The minimum absolute atomic E-state index is 0.0689. The van der Waals surface area contributed by atoms with Crippen LogP contribution in [0.1, 0.15) is 49.9 Å². The molecule has 14 aromatic rings. The largest absolute Gasteiger partial charge is 0.310 e. The minimum atomic E-state index is -0.0689. The predicted molar refractivity (Wildman–Crippen MR) is 390 cm³/mol. The second-order valence-corrected chi connectivity index (χ2v) is 25.3. The highest BCUT2D eigenvalue weighted by Gasteiger charge is 2.37. The van der Waals surface area contributed by atoms with Gasteiger partial charge >= 0.3 is 0 Å². The molecule has 0 bridgehead atoms. The average molecular weight is 1180 g/mol. The maximum atomic E-state index is 2.40. The zero-order valence-electron chi connectivity index (χ0n) is 52.4. The molecule has 14 aromatic carbocycles. The van der Waals surface area contributed by atoms with Gasteiger partial charge in [-0.05, 0) is 184 Å². The monoisotopic (exact) mass is 1180 g/mol. The van der Waals surface area contributed by atoms with Crippen molar-refractivity contribution in [3.8, 4) is 89.0 Å². The molecular formula is C90H70N2. The Hall–Kier alpha value is -11.3. The minimum Gasteiger partial charge on any atom is -0.310 e. The number of rotatable bonds is 12. The van der Waals surface area contributed by atoms with Crippen LogP contribution in [0.15, 0.2) is 352 Å². The van der Waals surface area contributed by atoms with E-state index in [0.29, 0.717) is 0 Å². The van der Waals surface area contributed by atoms with Crippen molar-refractivity contribution in [1.29, 1.82) is 0 Å². The van der Waals surface area contributed by atoms with Gasteiger partial charge in [0.2, 0.25) is 0 Å². The maximum absolute atomic E-state index is 2.40. The van der Waals surface area contributed by atoms with Gasteiger partial charge in [-0.1, -0.05) is 307 Å². The number of anilines is 6. The number of hydrogen-bond donors (Lipinski definition) is 0. The van der Waals surface area contributed by atoms with E-state index in [0.717, 1.165) is 34.1 Å². The Morgan fingerprint density at radius 3 is 0.598 bits per heavy atom. The number of hydrogen-bond acceptors (Lipinski definition) is 2. The molecule has 2 heteroatoms. The summed E-state index contributed by atoms with van der Waals surface area (Å²) >= 11 is 0. The summed E-state index contributed by atoms with van der Waals surface area (Å²) in [5.41, 5.74) is 32.2. The van der Waals surface area contributed by atoms with E-state index in [1.165, 1.54) is 111 Å². The average Bonchev–Trinajstić information content (AvgIpc) is 1.59. The molecule has 0 heterocycles. The molecule has 0 saturated carbocycles. The van der Waals surface area contributed by atoms with Crippen LogP contribution in [-0.4, -0.2) is 0 Å². The molecule has 0 N–H and O–H groups in total. The van der Waals surface area contributed by atoms with E-state index in [-0.39, 0.29) is 10.8 Å². The summed E-state index contributed by atoms with van der Waals surface area (Å²) in [6, 6.07) is 127. The first kappa shape index (κ1) is 57.1. The Labute approximate surface area is 542 Å². The highest BCUT2D eigenvalue weighted by molar-refractivity contribution is 5.89. The van der Waals surface area contributed by atoms with Crippen molar-refractivity contribution in [2.75, 3.05) is 9.80 Å². The van der Waals surface area contributed by atoms with Gasteiger partial charge in [-0.25, -0.2) is 0 Å². The summed E-state index contributed by atoms with van der Waals surface area (Å²) < 4.78 is 0. The molecular weight excluding hydrogens is 1110 g/mol. The van der Waals surface area contributed by atoms with Crippen LogP contribution < -0.4 is 9.80 Å². The van der Waals surface area contributed by atoms with Crippen LogP contribution in [0.5, 0.6) is 0 Å². The van der Waals surface area contributed by atoms with Gasteiger partial charge in [0.05, 0.1) is 0 Å². The third-order valence-corrected chi connectivity index (χ3v) is 19.0. The third-order valence-electron chi connectivity index (χ3n) is 19.0. The van der Waals surface area contributed by atoms with Crippen molar-refractivity contribution in [3.63, 3.8) is 0 Å². The molecule has 0 fully saturated rings. The van der Waals surface area contributed by atoms with Gasteiger partial charge in [-0.2, -0.15) is 0 Å². The zero-order chi connectivity index (χ0) is 62.2. The predicted octanol–water partition coefficient (Wildman–Crippen LogP) is 24.9. The lowest BCUT2D eigenvalue weighted by molar-refractivity contribution is 0.660. The van der Waals surface area contributed by atoms with E-state index < -0.39 is 0 Å². The fraction of sp³-hybridized carbons (Fsp3) is 0.0667. The first-order valence-corrected chi connectivity index (χ1v) is 32.0. The summed E-state index contributed by atoms with van der Waals surface area (Å²) in [5, 5.41) is 0. The Balaban J connectivity index is 0.000000153. The highest BCUT2D eigenvalue weighted by Crippen LogP contribution is 2.53. The highest BCUT2D eigenvalue weighted by atomic mass is 15.1. The van der Waals surface area contributed by atoms with Crippen LogP contribution in [0, 0.1) is 0 Å². The second-order valence-electron chi connectivity index (χ2n) is 25.3. The van der Waals surface area contributed by atoms with Crippen LogP contribution in [0.2, 0.25) is 0 Å². The van der Waals surface area contributed by atoms with E-state index in [9.17, 15) is 0 Å². The van der Waals surface area contributed by atoms with Crippen molar-refractivity contribution in [2.24, 2.45) is 0 Å². The van der Waals surface area contributed by atoms with Crippen LogP contribution in [-0.2, 0) is 10.8 Å². The number of nitrogens with zero attached hydrogens (tertiary/aromatic N) is 2.